The predicted molar refractivity (Wildman–Crippen MR) is 140 cm³/mol. The van der Waals surface area contributed by atoms with Gasteiger partial charge in [0.25, 0.3) is 5.56 Å². The van der Waals surface area contributed by atoms with Gasteiger partial charge in [-0.2, -0.15) is 0 Å². The number of ether oxygens (including phenoxy) is 1. The van der Waals surface area contributed by atoms with Gasteiger partial charge >= 0.3 is 5.97 Å². The number of fused-ring (bicyclic) bond motifs is 1. The van der Waals surface area contributed by atoms with Gasteiger partial charge in [0.15, 0.2) is 4.80 Å². The number of esters is 1. The van der Waals surface area contributed by atoms with E-state index >= 15 is 0 Å². The van der Waals surface area contributed by atoms with Crippen LogP contribution in [0.5, 0.6) is 5.75 Å². The van der Waals surface area contributed by atoms with Gasteiger partial charge in [0.05, 0.1) is 36.5 Å². The Kier molecular flexibility index (Phi) is 6.92. The van der Waals surface area contributed by atoms with Gasteiger partial charge in [0.2, 0.25) is 0 Å². The van der Waals surface area contributed by atoms with Crippen molar-refractivity contribution < 1.29 is 14.6 Å². The van der Waals surface area contributed by atoms with Crippen LogP contribution in [0.3, 0.4) is 0 Å². The fourth-order valence-corrected chi connectivity index (χ4v) is 6.22. The van der Waals surface area contributed by atoms with Gasteiger partial charge in [-0.25, -0.2) is 9.79 Å². The van der Waals surface area contributed by atoms with Crippen molar-refractivity contribution in [3.8, 4) is 5.75 Å². The van der Waals surface area contributed by atoms with Crippen LogP contribution < -0.4 is 14.9 Å². The van der Waals surface area contributed by atoms with Crippen LogP contribution >= 0.6 is 49.9 Å². The minimum atomic E-state index is -0.630. The minimum absolute atomic E-state index is 0.156. The molecule has 1 aromatic heterocycles. The largest absolute Gasteiger partial charge is 0.506 e. The van der Waals surface area contributed by atoms with Crippen molar-refractivity contribution in [3.05, 3.63) is 92.1 Å². The Hall–Kier alpha value is -2.24. The van der Waals surface area contributed by atoms with Gasteiger partial charge < -0.3 is 9.84 Å². The molecule has 4 rings (SSSR count). The SMILES string of the molecule is CCOC(=O)C1=C(C)N=c2s/c(=C/c3cc(Br)c(O)c(I)c3)c(=O)n2[C@@H]1c1ccc(C)cc1. The Morgan fingerprint density at radius 3 is 2.64 bits per heavy atom. The maximum atomic E-state index is 13.6. The normalized spacial score (nSPS) is 15.9. The summed E-state index contributed by atoms with van der Waals surface area (Å²) in [6.07, 6.45) is 1.77. The molecule has 0 aliphatic carbocycles. The molecule has 1 aliphatic heterocycles. The second kappa shape index (κ2) is 9.55. The van der Waals surface area contributed by atoms with Crippen molar-refractivity contribution in [3.63, 3.8) is 0 Å². The maximum Gasteiger partial charge on any atom is 0.338 e. The highest BCUT2D eigenvalue weighted by atomic mass is 127. The molecule has 6 nitrogen and oxygen atoms in total. The maximum absolute atomic E-state index is 13.6. The molecule has 9 heteroatoms. The molecular formula is C24H20BrIN2O4S. The zero-order valence-electron chi connectivity index (χ0n) is 18.1. The van der Waals surface area contributed by atoms with Crippen LogP contribution in [0.25, 0.3) is 6.08 Å². The highest BCUT2D eigenvalue weighted by Gasteiger charge is 2.33. The Morgan fingerprint density at radius 1 is 1.30 bits per heavy atom. The third-order valence-electron chi connectivity index (χ3n) is 5.25. The summed E-state index contributed by atoms with van der Waals surface area (Å²) in [5.74, 6) is -0.320. The van der Waals surface area contributed by atoms with Gasteiger partial charge in [0, 0.05) is 0 Å². The van der Waals surface area contributed by atoms with E-state index < -0.39 is 12.0 Å². The standard InChI is InChI=1S/C24H20BrIN2O4S/c1-4-32-23(31)19-13(3)27-24-28(20(19)15-7-5-12(2)6-8-15)22(30)18(33-24)11-14-9-16(25)21(29)17(26)10-14/h5-11,20,29H,4H2,1-3H3/b18-11+/t20-/m1/s1. The molecule has 170 valence electrons. The van der Waals surface area contributed by atoms with E-state index in [2.05, 4.69) is 20.9 Å². The number of halogens is 2. The third kappa shape index (κ3) is 4.58. The summed E-state index contributed by atoms with van der Waals surface area (Å²) in [4.78, 5) is 31.6. The molecule has 1 N–H and O–H groups in total. The first-order valence-electron chi connectivity index (χ1n) is 10.2. The number of carbonyl (C=O) groups is 1. The summed E-state index contributed by atoms with van der Waals surface area (Å²) >= 11 is 6.65. The van der Waals surface area contributed by atoms with E-state index in [1.54, 1.807) is 36.6 Å². The number of phenols is 1. The lowest BCUT2D eigenvalue weighted by Gasteiger charge is -2.24. The van der Waals surface area contributed by atoms with Crippen molar-refractivity contribution in [2.45, 2.75) is 26.8 Å². The van der Waals surface area contributed by atoms with Gasteiger partial charge in [-0.3, -0.25) is 9.36 Å². The zero-order valence-corrected chi connectivity index (χ0v) is 22.6. The third-order valence-corrected chi connectivity index (χ3v) is 7.66. The van der Waals surface area contributed by atoms with Crippen LogP contribution in [0, 0.1) is 10.5 Å². The molecule has 0 spiro atoms. The van der Waals surface area contributed by atoms with Gasteiger partial charge in [0.1, 0.15) is 5.75 Å². The number of hydrogen-bond donors (Lipinski definition) is 1. The topological polar surface area (TPSA) is 80.9 Å². The molecule has 0 bridgehead atoms. The van der Waals surface area contributed by atoms with Crippen molar-refractivity contribution in [1.29, 1.82) is 0 Å². The number of aryl methyl sites for hydroxylation is 1. The highest BCUT2D eigenvalue weighted by molar-refractivity contribution is 14.1. The van der Waals surface area contributed by atoms with Gasteiger partial charge in [-0.15, -0.1) is 0 Å². The lowest BCUT2D eigenvalue weighted by Crippen LogP contribution is -2.39. The molecule has 0 saturated heterocycles. The number of allylic oxidation sites excluding steroid dienone is 1. The predicted octanol–water partition coefficient (Wildman–Crippen LogP) is 4.18. The van der Waals surface area contributed by atoms with E-state index in [-0.39, 0.29) is 17.9 Å². The average Bonchev–Trinajstić information content (AvgIpc) is 3.06. The summed E-state index contributed by atoms with van der Waals surface area (Å²) in [5, 5.41) is 10.0. The number of aromatic nitrogens is 1. The highest BCUT2D eigenvalue weighted by Crippen LogP contribution is 2.32. The van der Waals surface area contributed by atoms with E-state index in [4.69, 9.17) is 4.74 Å². The summed E-state index contributed by atoms with van der Waals surface area (Å²) < 4.78 is 8.58. The number of phenolic OH excluding ortho intramolecular Hbond substituents is 1. The molecule has 33 heavy (non-hydrogen) atoms. The second-order valence-electron chi connectivity index (χ2n) is 7.55. The number of carbonyl (C=O) groups excluding carboxylic acids is 1. The molecule has 0 fully saturated rings. The van der Waals surface area contributed by atoms with Gasteiger partial charge in [-0.05, 0) is 88.6 Å². The molecule has 1 aliphatic rings. The Balaban J connectivity index is 1.96. The summed E-state index contributed by atoms with van der Waals surface area (Å²) in [6.45, 7) is 5.74. The van der Waals surface area contributed by atoms with Crippen LogP contribution in [-0.2, 0) is 9.53 Å². The van der Waals surface area contributed by atoms with Crippen LogP contribution in [0.2, 0.25) is 0 Å². The summed E-state index contributed by atoms with van der Waals surface area (Å²) in [5.41, 5.74) is 3.32. The van der Waals surface area contributed by atoms with Crippen molar-refractivity contribution in [2.75, 3.05) is 6.61 Å². The van der Waals surface area contributed by atoms with E-state index in [1.807, 2.05) is 53.8 Å². The molecule has 3 aromatic rings. The first kappa shape index (κ1) is 23.9. The lowest BCUT2D eigenvalue weighted by atomic mass is 9.95. The molecule has 0 unspecified atom stereocenters. The van der Waals surface area contributed by atoms with E-state index in [0.717, 1.165) is 16.7 Å². The fraction of sp³-hybridized carbons (Fsp3) is 0.208. The Labute approximate surface area is 216 Å². The van der Waals surface area contributed by atoms with E-state index in [0.29, 0.717) is 28.6 Å². The fourth-order valence-electron chi connectivity index (χ4n) is 3.68. The number of benzene rings is 2. The van der Waals surface area contributed by atoms with Crippen LogP contribution in [0.15, 0.2) is 61.9 Å². The van der Waals surface area contributed by atoms with Crippen molar-refractivity contribution in [1.82, 2.24) is 4.57 Å². The molecule has 2 heterocycles. The number of thiazole rings is 1. The Bertz CT molecular complexity index is 1450. The molecule has 2 aromatic carbocycles. The first-order chi connectivity index (χ1) is 15.7. The molecule has 0 radical (unpaired) electrons. The molecule has 0 amide bonds. The molecule has 1 atom stereocenters. The van der Waals surface area contributed by atoms with E-state index in [9.17, 15) is 14.7 Å². The van der Waals surface area contributed by atoms with Crippen LogP contribution in [0.1, 0.15) is 36.6 Å². The number of hydrogen-bond acceptors (Lipinski definition) is 6. The second-order valence-corrected chi connectivity index (χ2v) is 10.6. The zero-order chi connectivity index (χ0) is 23.9. The van der Waals surface area contributed by atoms with Crippen LogP contribution in [0.4, 0.5) is 0 Å². The minimum Gasteiger partial charge on any atom is -0.506 e. The van der Waals surface area contributed by atoms with Crippen LogP contribution in [-0.4, -0.2) is 22.2 Å². The summed E-state index contributed by atoms with van der Waals surface area (Å²) in [6, 6.07) is 10.7. The number of rotatable bonds is 4. The average molecular weight is 639 g/mol. The van der Waals surface area contributed by atoms with Crippen molar-refractivity contribution in [2.24, 2.45) is 4.99 Å². The number of aromatic hydroxyl groups is 1. The smallest absolute Gasteiger partial charge is 0.338 e. The first-order valence-corrected chi connectivity index (χ1v) is 12.8. The summed E-state index contributed by atoms with van der Waals surface area (Å²) in [7, 11) is 0. The van der Waals surface area contributed by atoms with E-state index in [1.165, 1.54) is 11.3 Å². The Morgan fingerprint density at radius 2 is 2.00 bits per heavy atom. The lowest BCUT2D eigenvalue weighted by molar-refractivity contribution is -0.139. The quantitative estimate of drug-likeness (QED) is 0.344. The monoisotopic (exact) mass is 638 g/mol. The van der Waals surface area contributed by atoms with Gasteiger partial charge in [-0.1, -0.05) is 41.2 Å². The molecule has 0 saturated carbocycles. The number of nitrogens with zero attached hydrogens (tertiary/aromatic N) is 2. The molecular weight excluding hydrogens is 619 g/mol. The van der Waals surface area contributed by atoms with Crippen molar-refractivity contribution >= 4 is 61.9 Å².